The third kappa shape index (κ3) is 4.94. The first-order valence-corrected chi connectivity index (χ1v) is 18.8. The number of fused-ring (bicyclic) bond motifs is 8. The molecular formula is C49H30N2O2S. The van der Waals surface area contributed by atoms with Crippen LogP contribution in [0.15, 0.2) is 191 Å². The summed E-state index contributed by atoms with van der Waals surface area (Å²) in [7, 11) is 0. The van der Waals surface area contributed by atoms with Crippen molar-refractivity contribution in [3.8, 4) is 33.7 Å². The van der Waals surface area contributed by atoms with E-state index in [1.54, 1.807) is 0 Å². The zero-order chi connectivity index (χ0) is 35.6. The van der Waals surface area contributed by atoms with Gasteiger partial charge >= 0.3 is 0 Å². The fourth-order valence-electron chi connectivity index (χ4n) is 7.79. The highest BCUT2D eigenvalue weighted by Gasteiger charge is 2.22. The second kappa shape index (κ2) is 12.3. The summed E-state index contributed by atoms with van der Waals surface area (Å²) in [5.74, 6) is 0.629. The van der Waals surface area contributed by atoms with Crippen molar-refractivity contribution >= 4 is 81.6 Å². The molecule has 4 nitrogen and oxygen atoms in total. The molecule has 3 aromatic heterocycles. The van der Waals surface area contributed by atoms with Gasteiger partial charge in [-0.05, 0) is 83.4 Å². The lowest BCUT2D eigenvalue weighted by Gasteiger charge is -2.26. The van der Waals surface area contributed by atoms with Crippen LogP contribution in [-0.4, -0.2) is 4.98 Å². The van der Waals surface area contributed by atoms with E-state index < -0.39 is 0 Å². The lowest BCUT2D eigenvalue weighted by Crippen LogP contribution is -2.10. The van der Waals surface area contributed by atoms with Gasteiger partial charge in [0.05, 0.1) is 11.1 Å². The average Bonchev–Trinajstić information content (AvgIpc) is 3.96. The molecule has 11 rings (SSSR count). The topological polar surface area (TPSA) is 42.4 Å². The fraction of sp³-hybridized carbons (Fsp3) is 0. The Bertz CT molecular complexity index is 3140. The van der Waals surface area contributed by atoms with Gasteiger partial charge in [0.15, 0.2) is 5.58 Å². The average molecular weight is 711 g/mol. The van der Waals surface area contributed by atoms with Crippen molar-refractivity contribution in [1.82, 2.24) is 4.98 Å². The third-order valence-electron chi connectivity index (χ3n) is 10.3. The monoisotopic (exact) mass is 710 g/mol. The Morgan fingerprint density at radius 2 is 1.06 bits per heavy atom. The Labute approximate surface area is 314 Å². The van der Waals surface area contributed by atoms with Crippen molar-refractivity contribution in [3.05, 3.63) is 182 Å². The lowest BCUT2D eigenvalue weighted by atomic mass is 10.0. The van der Waals surface area contributed by atoms with Gasteiger partial charge in [0.2, 0.25) is 5.89 Å². The number of furan rings is 1. The molecule has 0 spiro atoms. The molecule has 0 aliphatic rings. The Morgan fingerprint density at radius 1 is 0.444 bits per heavy atom. The summed E-state index contributed by atoms with van der Waals surface area (Å²) in [6.45, 7) is 0. The lowest BCUT2D eigenvalue weighted by molar-refractivity contribution is 0.620. The number of nitrogens with zero attached hydrogens (tertiary/aromatic N) is 2. The van der Waals surface area contributed by atoms with Crippen LogP contribution in [0.25, 0.3) is 86.9 Å². The van der Waals surface area contributed by atoms with E-state index >= 15 is 0 Å². The minimum absolute atomic E-state index is 0.629. The highest BCUT2D eigenvalue weighted by atomic mass is 32.1. The maximum absolute atomic E-state index is 6.51. The molecule has 0 saturated heterocycles. The molecule has 0 atom stereocenters. The summed E-state index contributed by atoms with van der Waals surface area (Å²) in [4.78, 5) is 7.40. The number of benzene rings is 8. The minimum atomic E-state index is 0.629. The molecule has 0 N–H and O–H groups in total. The van der Waals surface area contributed by atoms with Gasteiger partial charge < -0.3 is 13.7 Å². The number of para-hydroxylation sites is 1. The van der Waals surface area contributed by atoms with Crippen molar-refractivity contribution < 1.29 is 8.83 Å². The van der Waals surface area contributed by atoms with E-state index in [4.69, 9.17) is 13.8 Å². The summed E-state index contributed by atoms with van der Waals surface area (Å²) < 4.78 is 15.3. The Hall–Kier alpha value is -6.95. The SMILES string of the molecule is c1ccc(-c2ccc(N(c3ccc(-c4cc5oc(-c6ccccc6)nc5c5c4sc4ccccc45)cc3)c3cccc4oc5ccccc5c34)cc2)cc1. The third-order valence-corrected chi connectivity index (χ3v) is 11.5. The van der Waals surface area contributed by atoms with Crippen LogP contribution in [0.1, 0.15) is 0 Å². The number of rotatable bonds is 6. The molecule has 0 radical (unpaired) electrons. The van der Waals surface area contributed by atoms with Crippen molar-refractivity contribution in [2.24, 2.45) is 0 Å². The van der Waals surface area contributed by atoms with Crippen molar-refractivity contribution in [1.29, 1.82) is 0 Å². The van der Waals surface area contributed by atoms with Crippen LogP contribution >= 0.6 is 11.3 Å². The highest BCUT2D eigenvalue weighted by molar-refractivity contribution is 7.26. The maximum atomic E-state index is 6.51. The molecule has 0 aliphatic carbocycles. The number of hydrogen-bond acceptors (Lipinski definition) is 5. The van der Waals surface area contributed by atoms with E-state index in [1.165, 1.54) is 25.9 Å². The fourth-order valence-corrected chi connectivity index (χ4v) is 9.03. The normalized spacial score (nSPS) is 11.7. The summed E-state index contributed by atoms with van der Waals surface area (Å²) in [6, 6.07) is 63.7. The standard InChI is InChI=1S/C49H30N2O2S/c1-3-12-31(13-4-1)32-22-26-35(27-23-32)51(40-18-11-20-42-45(40)37-16-7-9-19-41(37)52-42)36-28-24-33(25-29-36)39-30-43-47(50-49(53-43)34-14-5-2-6-15-34)46-38-17-8-10-21-44(38)54-48(39)46/h1-30H. The quantitative estimate of drug-likeness (QED) is 0.172. The molecule has 0 saturated carbocycles. The molecular weight excluding hydrogens is 681 g/mol. The van der Waals surface area contributed by atoms with Gasteiger partial charge in [-0.2, -0.15) is 0 Å². The van der Waals surface area contributed by atoms with E-state index in [-0.39, 0.29) is 0 Å². The van der Waals surface area contributed by atoms with Gasteiger partial charge in [0.1, 0.15) is 16.7 Å². The molecule has 0 amide bonds. The van der Waals surface area contributed by atoms with Gasteiger partial charge in [-0.25, -0.2) is 4.98 Å². The van der Waals surface area contributed by atoms with Gasteiger partial charge in [-0.15, -0.1) is 11.3 Å². The first-order chi connectivity index (χ1) is 26.8. The molecule has 0 unspecified atom stereocenters. The van der Waals surface area contributed by atoms with E-state index in [2.05, 4.69) is 144 Å². The first kappa shape index (κ1) is 30.7. The predicted octanol–water partition coefficient (Wildman–Crippen LogP) is 14.6. The van der Waals surface area contributed by atoms with Gasteiger partial charge in [-0.3, -0.25) is 0 Å². The Morgan fingerprint density at radius 3 is 1.81 bits per heavy atom. The number of thiophene rings is 1. The van der Waals surface area contributed by atoms with Gasteiger partial charge in [0, 0.05) is 48.1 Å². The van der Waals surface area contributed by atoms with Crippen molar-refractivity contribution in [2.75, 3.05) is 4.90 Å². The van der Waals surface area contributed by atoms with Crippen LogP contribution in [0.2, 0.25) is 0 Å². The summed E-state index contributed by atoms with van der Waals surface area (Å²) in [5, 5.41) is 4.51. The molecule has 0 aliphatic heterocycles. The number of aromatic nitrogens is 1. The largest absolute Gasteiger partial charge is 0.456 e. The number of oxazole rings is 1. The molecule has 11 aromatic rings. The Kier molecular flexibility index (Phi) is 7.00. The predicted molar refractivity (Wildman–Crippen MR) is 225 cm³/mol. The molecule has 5 heteroatoms. The van der Waals surface area contributed by atoms with E-state index in [9.17, 15) is 0 Å². The minimum Gasteiger partial charge on any atom is -0.456 e. The summed E-state index contributed by atoms with van der Waals surface area (Å²) in [5.41, 5.74) is 12.1. The van der Waals surface area contributed by atoms with Crippen LogP contribution in [0.3, 0.4) is 0 Å². The molecule has 54 heavy (non-hydrogen) atoms. The van der Waals surface area contributed by atoms with Gasteiger partial charge in [0.25, 0.3) is 0 Å². The molecule has 254 valence electrons. The van der Waals surface area contributed by atoms with E-state index in [0.717, 1.165) is 72.2 Å². The smallest absolute Gasteiger partial charge is 0.227 e. The van der Waals surface area contributed by atoms with Crippen LogP contribution in [0, 0.1) is 0 Å². The highest BCUT2D eigenvalue weighted by Crippen LogP contribution is 2.47. The zero-order valence-corrected chi connectivity index (χ0v) is 29.8. The van der Waals surface area contributed by atoms with Crippen LogP contribution < -0.4 is 4.90 Å². The maximum Gasteiger partial charge on any atom is 0.227 e. The van der Waals surface area contributed by atoms with Crippen LogP contribution in [0.5, 0.6) is 0 Å². The molecule has 0 fully saturated rings. The molecule has 8 aromatic carbocycles. The molecule has 3 heterocycles. The first-order valence-electron chi connectivity index (χ1n) is 18.0. The summed E-state index contributed by atoms with van der Waals surface area (Å²) in [6.07, 6.45) is 0. The van der Waals surface area contributed by atoms with Crippen molar-refractivity contribution in [3.63, 3.8) is 0 Å². The molecule has 0 bridgehead atoms. The van der Waals surface area contributed by atoms with Crippen LogP contribution in [-0.2, 0) is 0 Å². The second-order valence-electron chi connectivity index (χ2n) is 13.5. The number of anilines is 3. The van der Waals surface area contributed by atoms with Crippen molar-refractivity contribution in [2.45, 2.75) is 0 Å². The van der Waals surface area contributed by atoms with E-state index in [1.807, 2.05) is 53.8 Å². The van der Waals surface area contributed by atoms with Gasteiger partial charge in [-0.1, -0.05) is 115 Å². The van der Waals surface area contributed by atoms with E-state index in [0.29, 0.717) is 5.89 Å². The summed E-state index contributed by atoms with van der Waals surface area (Å²) >= 11 is 1.81. The van der Waals surface area contributed by atoms with Crippen LogP contribution in [0.4, 0.5) is 17.1 Å². The second-order valence-corrected chi connectivity index (χ2v) is 14.6. The Balaban J connectivity index is 1.09. The number of hydrogen-bond donors (Lipinski definition) is 0. The zero-order valence-electron chi connectivity index (χ0n) is 28.9.